The van der Waals surface area contributed by atoms with E-state index in [0.29, 0.717) is 0 Å². The molecule has 2 aromatic rings. The van der Waals surface area contributed by atoms with Crippen molar-refractivity contribution in [3.8, 4) is 0 Å². The van der Waals surface area contributed by atoms with Gasteiger partial charge in [0.05, 0.1) is 10.4 Å². The molecule has 0 bridgehead atoms. The van der Waals surface area contributed by atoms with Crippen molar-refractivity contribution < 1.29 is 0 Å². The third-order valence-corrected chi connectivity index (χ3v) is 4.96. The van der Waals surface area contributed by atoms with E-state index in [1.54, 1.807) is 0 Å². The van der Waals surface area contributed by atoms with Crippen molar-refractivity contribution in [1.29, 1.82) is 0 Å². The number of hydrogen-bond donors (Lipinski definition) is 2. The first-order valence-corrected chi connectivity index (χ1v) is 7.08. The Bertz CT molecular complexity index is 527. The molecular weight excluding hydrogens is 320 g/mol. The normalized spacial score (nSPS) is 12.7. The van der Waals surface area contributed by atoms with Crippen LogP contribution in [0.4, 0.5) is 0 Å². The molecule has 0 saturated heterocycles. The molecule has 5 heteroatoms. The van der Waals surface area contributed by atoms with Crippen LogP contribution in [0.2, 0.25) is 4.34 Å². The summed E-state index contributed by atoms with van der Waals surface area (Å²) < 4.78 is 1.84. The van der Waals surface area contributed by atoms with Crippen LogP contribution in [0.25, 0.3) is 0 Å². The monoisotopic (exact) mass is 330 g/mol. The molecule has 2 rings (SSSR count). The predicted octanol–water partition coefficient (Wildman–Crippen LogP) is 4.03. The smallest absolute Gasteiger partial charge is 0.0931 e. The predicted molar refractivity (Wildman–Crippen MR) is 77.4 cm³/mol. The molecule has 0 fully saturated rings. The lowest BCUT2D eigenvalue weighted by Gasteiger charge is -2.17. The second-order valence-corrected chi connectivity index (χ2v) is 6.26. The van der Waals surface area contributed by atoms with Crippen molar-refractivity contribution in [3.63, 3.8) is 0 Å². The quantitative estimate of drug-likeness (QED) is 0.658. The second kappa shape index (κ2) is 5.50. The first-order chi connectivity index (χ1) is 8.13. The van der Waals surface area contributed by atoms with Crippen LogP contribution >= 0.6 is 38.9 Å². The molecule has 1 heterocycles. The van der Waals surface area contributed by atoms with Crippen LogP contribution in [0.15, 0.2) is 34.8 Å². The van der Waals surface area contributed by atoms with Crippen molar-refractivity contribution in [1.82, 2.24) is 5.43 Å². The van der Waals surface area contributed by atoms with Gasteiger partial charge in [0.2, 0.25) is 0 Å². The van der Waals surface area contributed by atoms with Crippen molar-refractivity contribution in [2.24, 2.45) is 5.84 Å². The summed E-state index contributed by atoms with van der Waals surface area (Å²) in [6.07, 6.45) is 0. The SMILES string of the molecule is Cc1cccc(C(NN)c2ccc(Cl)s2)c1Br. The van der Waals surface area contributed by atoms with E-state index in [4.69, 9.17) is 17.4 Å². The van der Waals surface area contributed by atoms with E-state index in [0.717, 1.165) is 19.2 Å². The van der Waals surface area contributed by atoms with Crippen LogP contribution in [-0.4, -0.2) is 0 Å². The minimum Gasteiger partial charge on any atom is -0.271 e. The number of halogens is 2. The Morgan fingerprint density at radius 3 is 2.71 bits per heavy atom. The van der Waals surface area contributed by atoms with Crippen molar-refractivity contribution in [3.05, 3.63) is 55.1 Å². The minimum atomic E-state index is -0.0400. The number of aryl methyl sites for hydroxylation is 1. The maximum atomic E-state index is 5.96. The maximum Gasteiger partial charge on any atom is 0.0931 e. The third-order valence-electron chi connectivity index (χ3n) is 2.58. The van der Waals surface area contributed by atoms with Gasteiger partial charge < -0.3 is 0 Å². The highest BCUT2D eigenvalue weighted by Gasteiger charge is 2.17. The molecule has 0 radical (unpaired) electrons. The van der Waals surface area contributed by atoms with Crippen LogP contribution in [0, 0.1) is 6.92 Å². The van der Waals surface area contributed by atoms with Gasteiger partial charge in [0.25, 0.3) is 0 Å². The molecule has 0 aliphatic carbocycles. The Morgan fingerprint density at radius 2 is 2.12 bits per heavy atom. The van der Waals surface area contributed by atoms with Crippen LogP contribution < -0.4 is 11.3 Å². The van der Waals surface area contributed by atoms with Gasteiger partial charge in [-0.1, -0.05) is 45.7 Å². The van der Waals surface area contributed by atoms with Crippen molar-refractivity contribution >= 4 is 38.9 Å². The van der Waals surface area contributed by atoms with E-state index in [9.17, 15) is 0 Å². The summed E-state index contributed by atoms with van der Waals surface area (Å²) in [5.41, 5.74) is 5.14. The van der Waals surface area contributed by atoms with E-state index < -0.39 is 0 Å². The summed E-state index contributed by atoms with van der Waals surface area (Å²) in [4.78, 5) is 1.10. The highest BCUT2D eigenvalue weighted by atomic mass is 79.9. The number of nitrogens with one attached hydrogen (secondary N) is 1. The number of benzene rings is 1. The topological polar surface area (TPSA) is 38.0 Å². The first-order valence-electron chi connectivity index (χ1n) is 5.10. The molecule has 0 amide bonds. The van der Waals surface area contributed by atoms with Crippen LogP contribution in [0.1, 0.15) is 22.0 Å². The van der Waals surface area contributed by atoms with Gasteiger partial charge in [-0.15, -0.1) is 11.3 Å². The molecule has 1 aromatic heterocycles. The minimum absolute atomic E-state index is 0.0400. The van der Waals surface area contributed by atoms with E-state index in [1.165, 1.54) is 16.9 Å². The third kappa shape index (κ3) is 2.72. The zero-order valence-corrected chi connectivity index (χ0v) is 12.4. The fourth-order valence-corrected chi connectivity index (χ4v) is 3.34. The summed E-state index contributed by atoms with van der Waals surface area (Å²) in [7, 11) is 0. The Hall–Kier alpha value is -0.390. The van der Waals surface area contributed by atoms with Gasteiger partial charge in [-0.25, -0.2) is 5.43 Å². The zero-order chi connectivity index (χ0) is 12.4. The van der Waals surface area contributed by atoms with E-state index >= 15 is 0 Å². The molecule has 1 unspecified atom stereocenters. The Morgan fingerprint density at radius 1 is 1.35 bits per heavy atom. The molecule has 1 atom stereocenters. The van der Waals surface area contributed by atoms with Gasteiger partial charge in [0.1, 0.15) is 0 Å². The van der Waals surface area contributed by atoms with Crippen LogP contribution in [0.3, 0.4) is 0 Å². The number of thiophene rings is 1. The van der Waals surface area contributed by atoms with Crippen LogP contribution in [0.5, 0.6) is 0 Å². The van der Waals surface area contributed by atoms with E-state index in [-0.39, 0.29) is 6.04 Å². The summed E-state index contributed by atoms with van der Waals surface area (Å²) in [6.45, 7) is 2.06. The average molecular weight is 332 g/mol. The van der Waals surface area contributed by atoms with Crippen molar-refractivity contribution in [2.45, 2.75) is 13.0 Å². The summed E-state index contributed by atoms with van der Waals surface area (Å²) >= 11 is 11.1. The lowest BCUT2D eigenvalue weighted by molar-refractivity contribution is 0.644. The number of rotatable bonds is 3. The lowest BCUT2D eigenvalue weighted by atomic mass is 10.0. The molecule has 0 aliphatic heterocycles. The van der Waals surface area contributed by atoms with Gasteiger partial charge in [-0.05, 0) is 30.2 Å². The molecule has 90 valence electrons. The van der Waals surface area contributed by atoms with Gasteiger partial charge in [-0.2, -0.15) is 0 Å². The standard InChI is InChI=1S/C12H12BrClN2S/c1-7-3-2-4-8(11(7)13)12(16-15)9-5-6-10(14)17-9/h2-6,12,16H,15H2,1H3. The van der Waals surface area contributed by atoms with Gasteiger partial charge in [0.15, 0.2) is 0 Å². The molecule has 1 aromatic carbocycles. The number of hydrogen-bond acceptors (Lipinski definition) is 3. The first kappa shape index (κ1) is 13.1. The fraction of sp³-hybridized carbons (Fsp3) is 0.167. The van der Waals surface area contributed by atoms with Gasteiger partial charge >= 0.3 is 0 Å². The number of nitrogens with two attached hydrogens (primary N) is 1. The largest absolute Gasteiger partial charge is 0.271 e. The molecule has 2 nitrogen and oxygen atoms in total. The molecule has 17 heavy (non-hydrogen) atoms. The Kier molecular flexibility index (Phi) is 4.22. The second-order valence-electron chi connectivity index (χ2n) is 3.72. The highest BCUT2D eigenvalue weighted by molar-refractivity contribution is 9.10. The molecule has 0 spiro atoms. The molecular formula is C12H12BrClN2S. The average Bonchev–Trinajstić information content (AvgIpc) is 2.72. The summed E-state index contributed by atoms with van der Waals surface area (Å²) in [5.74, 6) is 5.66. The highest BCUT2D eigenvalue weighted by Crippen LogP contribution is 2.34. The van der Waals surface area contributed by atoms with Gasteiger partial charge in [0, 0.05) is 9.35 Å². The van der Waals surface area contributed by atoms with E-state index in [2.05, 4.69) is 40.4 Å². The summed E-state index contributed by atoms with van der Waals surface area (Å²) in [6, 6.07) is 9.97. The Balaban J connectivity index is 2.45. The Labute approximate surface area is 118 Å². The zero-order valence-electron chi connectivity index (χ0n) is 9.21. The van der Waals surface area contributed by atoms with Crippen LogP contribution in [-0.2, 0) is 0 Å². The van der Waals surface area contributed by atoms with Gasteiger partial charge in [-0.3, -0.25) is 5.84 Å². The van der Waals surface area contributed by atoms with E-state index in [1.807, 2.05) is 18.2 Å². The fourth-order valence-electron chi connectivity index (χ4n) is 1.70. The molecule has 0 aliphatic rings. The number of hydrazine groups is 1. The summed E-state index contributed by atoms with van der Waals surface area (Å²) in [5, 5.41) is 0. The lowest BCUT2D eigenvalue weighted by Crippen LogP contribution is -2.28. The maximum absolute atomic E-state index is 5.96. The molecule has 3 N–H and O–H groups in total. The van der Waals surface area contributed by atoms with Crippen molar-refractivity contribution in [2.75, 3.05) is 0 Å². The molecule has 0 saturated carbocycles.